The van der Waals surface area contributed by atoms with Gasteiger partial charge in [-0.25, -0.2) is 0 Å². The molecule has 0 aliphatic carbocycles. The Bertz CT molecular complexity index is 893. The first kappa shape index (κ1) is 18.7. The van der Waals surface area contributed by atoms with Gasteiger partial charge in [0.25, 0.3) is 5.91 Å². The molecule has 2 aliphatic rings. The van der Waals surface area contributed by atoms with Gasteiger partial charge in [-0.1, -0.05) is 42.0 Å². The summed E-state index contributed by atoms with van der Waals surface area (Å²) in [6.45, 7) is 6.74. The number of carbonyl (C=O) groups is 2. The second-order valence-corrected chi connectivity index (χ2v) is 8.21. The Kier molecular flexibility index (Phi) is 4.94. The molecule has 2 aromatic carbocycles. The summed E-state index contributed by atoms with van der Waals surface area (Å²) in [6, 6.07) is 16.1. The molecular formula is C23H27N3O2. The first-order valence-corrected chi connectivity index (χ1v) is 9.88. The number of carbonyl (C=O) groups excluding carboxylic acids is 2. The van der Waals surface area contributed by atoms with Crippen LogP contribution in [0.1, 0.15) is 33.1 Å². The van der Waals surface area contributed by atoms with Gasteiger partial charge in [0.05, 0.1) is 12.6 Å². The van der Waals surface area contributed by atoms with Crippen LogP contribution in [0.5, 0.6) is 0 Å². The second kappa shape index (κ2) is 7.40. The monoisotopic (exact) mass is 377 g/mol. The summed E-state index contributed by atoms with van der Waals surface area (Å²) in [4.78, 5) is 28.9. The number of amides is 2. The lowest BCUT2D eigenvalue weighted by Gasteiger charge is -2.31. The van der Waals surface area contributed by atoms with E-state index in [0.717, 1.165) is 24.2 Å². The molecule has 4 rings (SSSR count). The van der Waals surface area contributed by atoms with Crippen molar-refractivity contribution in [2.24, 2.45) is 17.6 Å². The van der Waals surface area contributed by atoms with Crippen molar-refractivity contribution in [3.8, 4) is 0 Å². The number of rotatable bonds is 4. The van der Waals surface area contributed by atoms with Crippen LogP contribution in [-0.4, -0.2) is 47.8 Å². The standard InChI is InChI=1S/C23H27N3O2/c1-15-7-9-17(10-8-15)23(28)26-12-18-11-25(14-21(24)27)13-20(18)22(26)19-6-4-3-5-16(19)2/h3-10,18,20,22H,11-14H2,1-2H3,(H2,24,27)/t18-,20-,22+/m0/s1. The van der Waals surface area contributed by atoms with Gasteiger partial charge in [0.15, 0.2) is 0 Å². The van der Waals surface area contributed by atoms with E-state index >= 15 is 0 Å². The molecule has 2 aliphatic heterocycles. The van der Waals surface area contributed by atoms with E-state index in [1.807, 2.05) is 48.2 Å². The lowest BCUT2D eigenvalue weighted by Crippen LogP contribution is -2.38. The highest BCUT2D eigenvalue weighted by Crippen LogP contribution is 2.46. The van der Waals surface area contributed by atoms with Crippen LogP contribution in [0.25, 0.3) is 0 Å². The van der Waals surface area contributed by atoms with Crippen molar-refractivity contribution in [1.82, 2.24) is 9.80 Å². The molecule has 5 heteroatoms. The van der Waals surface area contributed by atoms with Crippen molar-refractivity contribution in [3.05, 3.63) is 70.8 Å². The number of fused-ring (bicyclic) bond motifs is 1. The maximum Gasteiger partial charge on any atom is 0.254 e. The number of hydrogen-bond donors (Lipinski definition) is 1. The van der Waals surface area contributed by atoms with Crippen LogP contribution in [0.2, 0.25) is 0 Å². The van der Waals surface area contributed by atoms with Crippen molar-refractivity contribution in [2.45, 2.75) is 19.9 Å². The third kappa shape index (κ3) is 3.42. The van der Waals surface area contributed by atoms with Crippen molar-refractivity contribution in [1.29, 1.82) is 0 Å². The molecule has 0 saturated carbocycles. The molecular weight excluding hydrogens is 350 g/mol. The maximum absolute atomic E-state index is 13.4. The first-order chi connectivity index (χ1) is 13.4. The van der Waals surface area contributed by atoms with Crippen molar-refractivity contribution < 1.29 is 9.59 Å². The third-order valence-corrected chi connectivity index (χ3v) is 6.19. The number of nitrogens with two attached hydrogens (primary N) is 1. The van der Waals surface area contributed by atoms with Crippen LogP contribution in [0.3, 0.4) is 0 Å². The predicted molar refractivity (Wildman–Crippen MR) is 109 cm³/mol. The van der Waals surface area contributed by atoms with Gasteiger partial charge < -0.3 is 10.6 Å². The summed E-state index contributed by atoms with van der Waals surface area (Å²) in [7, 11) is 0. The van der Waals surface area contributed by atoms with Crippen molar-refractivity contribution in [3.63, 3.8) is 0 Å². The molecule has 3 atom stereocenters. The van der Waals surface area contributed by atoms with E-state index in [0.29, 0.717) is 24.9 Å². The molecule has 2 amide bonds. The molecule has 146 valence electrons. The summed E-state index contributed by atoms with van der Waals surface area (Å²) in [5, 5.41) is 0. The number of aryl methyl sites for hydroxylation is 2. The SMILES string of the molecule is Cc1ccc(C(=O)N2C[C@@H]3CN(CC(N)=O)C[C@@H]3[C@H]2c2ccccc2C)cc1. The molecule has 5 nitrogen and oxygen atoms in total. The molecule has 2 saturated heterocycles. The van der Waals surface area contributed by atoms with E-state index in [9.17, 15) is 9.59 Å². The molecule has 2 fully saturated rings. The van der Waals surface area contributed by atoms with E-state index in [-0.39, 0.29) is 17.9 Å². The van der Waals surface area contributed by atoms with E-state index in [1.165, 1.54) is 11.1 Å². The Morgan fingerprint density at radius 1 is 1.00 bits per heavy atom. The highest BCUT2D eigenvalue weighted by atomic mass is 16.2. The normalized spacial score (nSPS) is 24.4. The van der Waals surface area contributed by atoms with E-state index in [2.05, 4.69) is 24.0 Å². The fourth-order valence-electron chi connectivity index (χ4n) is 4.87. The van der Waals surface area contributed by atoms with Crippen LogP contribution >= 0.6 is 0 Å². The lowest BCUT2D eigenvalue weighted by atomic mass is 9.87. The van der Waals surface area contributed by atoms with Gasteiger partial charge in [-0.05, 0) is 43.0 Å². The number of benzene rings is 2. The molecule has 0 radical (unpaired) electrons. The fourth-order valence-corrected chi connectivity index (χ4v) is 4.87. The van der Waals surface area contributed by atoms with Crippen LogP contribution in [0.15, 0.2) is 48.5 Å². The zero-order chi connectivity index (χ0) is 19.8. The summed E-state index contributed by atoms with van der Waals surface area (Å²) in [5.41, 5.74) is 9.69. The fraction of sp³-hybridized carbons (Fsp3) is 0.391. The van der Waals surface area contributed by atoms with Gasteiger partial charge in [0.2, 0.25) is 5.91 Å². The zero-order valence-corrected chi connectivity index (χ0v) is 16.5. The molecule has 2 aromatic rings. The molecule has 0 spiro atoms. The number of primary amides is 1. The van der Waals surface area contributed by atoms with E-state index < -0.39 is 0 Å². The van der Waals surface area contributed by atoms with Crippen LogP contribution in [0.4, 0.5) is 0 Å². The van der Waals surface area contributed by atoms with Crippen LogP contribution in [-0.2, 0) is 4.79 Å². The van der Waals surface area contributed by atoms with Gasteiger partial charge in [-0.2, -0.15) is 0 Å². The molecule has 28 heavy (non-hydrogen) atoms. The van der Waals surface area contributed by atoms with E-state index in [1.54, 1.807) is 0 Å². The minimum absolute atomic E-state index is 0.0258. The topological polar surface area (TPSA) is 66.6 Å². The van der Waals surface area contributed by atoms with Gasteiger partial charge in [-0.15, -0.1) is 0 Å². The quantitative estimate of drug-likeness (QED) is 0.890. The van der Waals surface area contributed by atoms with Crippen molar-refractivity contribution >= 4 is 11.8 Å². The van der Waals surface area contributed by atoms with Gasteiger partial charge in [0, 0.05) is 31.1 Å². The second-order valence-electron chi connectivity index (χ2n) is 8.21. The van der Waals surface area contributed by atoms with Gasteiger partial charge >= 0.3 is 0 Å². The number of nitrogens with zero attached hydrogens (tertiary/aromatic N) is 2. The Labute approximate surface area is 166 Å². The summed E-state index contributed by atoms with van der Waals surface area (Å²) in [5.74, 6) is 0.470. The number of hydrogen-bond acceptors (Lipinski definition) is 3. The molecule has 0 aromatic heterocycles. The highest BCUT2D eigenvalue weighted by molar-refractivity contribution is 5.94. The molecule has 2 N–H and O–H groups in total. The third-order valence-electron chi connectivity index (χ3n) is 6.19. The number of likely N-dealkylation sites (tertiary alicyclic amines) is 2. The lowest BCUT2D eigenvalue weighted by molar-refractivity contribution is -0.119. The molecule has 2 heterocycles. The summed E-state index contributed by atoms with van der Waals surface area (Å²) in [6.07, 6.45) is 0. The minimum atomic E-state index is -0.292. The Hall–Kier alpha value is -2.66. The summed E-state index contributed by atoms with van der Waals surface area (Å²) < 4.78 is 0. The smallest absolute Gasteiger partial charge is 0.254 e. The van der Waals surface area contributed by atoms with Crippen molar-refractivity contribution in [2.75, 3.05) is 26.2 Å². The largest absolute Gasteiger partial charge is 0.369 e. The Morgan fingerprint density at radius 3 is 2.39 bits per heavy atom. The molecule has 0 bridgehead atoms. The van der Waals surface area contributed by atoms with Gasteiger partial charge in [0.1, 0.15) is 0 Å². The predicted octanol–water partition coefficient (Wildman–Crippen LogP) is 2.53. The van der Waals surface area contributed by atoms with Crippen LogP contribution in [0, 0.1) is 25.7 Å². The van der Waals surface area contributed by atoms with Gasteiger partial charge in [-0.3, -0.25) is 14.5 Å². The summed E-state index contributed by atoms with van der Waals surface area (Å²) >= 11 is 0. The Balaban J connectivity index is 1.67. The van der Waals surface area contributed by atoms with Crippen LogP contribution < -0.4 is 5.73 Å². The zero-order valence-electron chi connectivity index (χ0n) is 16.5. The van der Waals surface area contributed by atoms with E-state index in [4.69, 9.17) is 5.73 Å². The first-order valence-electron chi connectivity index (χ1n) is 9.88. The Morgan fingerprint density at radius 2 is 1.71 bits per heavy atom. The maximum atomic E-state index is 13.4. The minimum Gasteiger partial charge on any atom is -0.369 e. The molecule has 0 unspecified atom stereocenters. The highest BCUT2D eigenvalue weighted by Gasteiger charge is 2.49. The average molecular weight is 377 g/mol. The average Bonchev–Trinajstić information content (AvgIpc) is 3.19.